The fourth-order valence-electron chi connectivity index (χ4n) is 2.62. The first kappa shape index (κ1) is 18.1. The third-order valence-electron chi connectivity index (χ3n) is 3.98. The van der Waals surface area contributed by atoms with Crippen molar-refractivity contribution in [2.75, 3.05) is 26.2 Å². The highest BCUT2D eigenvalue weighted by Gasteiger charge is 2.35. The summed E-state index contributed by atoms with van der Waals surface area (Å²) in [4.78, 5) is 38.1. The Morgan fingerprint density at radius 3 is 2.46 bits per heavy atom. The Morgan fingerprint density at radius 2 is 1.75 bits per heavy atom. The van der Waals surface area contributed by atoms with Crippen molar-refractivity contribution in [3.8, 4) is 0 Å². The van der Waals surface area contributed by atoms with E-state index in [2.05, 4.69) is 17.6 Å². The summed E-state index contributed by atoms with van der Waals surface area (Å²) < 4.78 is 0. The molecular formula is C18H25N3O3. The summed E-state index contributed by atoms with van der Waals surface area (Å²) in [5.41, 5.74) is 1.12. The summed E-state index contributed by atoms with van der Waals surface area (Å²) in [6.07, 6.45) is 2.74. The van der Waals surface area contributed by atoms with Crippen LogP contribution in [0.5, 0.6) is 0 Å². The second-order valence-electron chi connectivity index (χ2n) is 5.88. The first-order chi connectivity index (χ1) is 11.6. The Kier molecular flexibility index (Phi) is 6.49. The number of carbonyl (C=O) groups is 3. The number of rotatable bonds is 9. The maximum absolute atomic E-state index is 12.4. The lowest BCUT2D eigenvalue weighted by Crippen LogP contribution is -2.32. The third kappa shape index (κ3) is 4.00. The van der Waals surface area contributed by atoms with Crippen LogP contribution in [0.15, 0.2) is 18.2 Å². The van der Waals surface area contributed by atoms with Gasteiger partial charge < -0.3 is 10.6 Å². The minimum absolute atomic E-state index is 0.233. The van der Waals surface area contributed by atoms with E-state index in [0.717, 1.165) is 25.8 Å². The van der Waals surface area contributed by atoms with Gasteiger partial charge in [-0.25, -0.2) is 0 Å². The molecule has 0 saturated carbocycles. The van der Waals surface area contributed by atoms with Crippen LogP contribution in [-0.2, 0) is 0 Å². The molecule has 1 heterocycles. The van der Waals surface area contributed by atoms with Gasteiger partial charge in [0.15, 0.2) is 0 Å². The number of fused-ring (bicyclic) bond motifs is 1. The van der Waals surface area contributed by atoms with Gasteiger partial charge in [0.1, 0.15) is 0 Å². The van der Waals surface area contributed by atoms with Crippen molar-refractivity contribution < 1.29 is 14.4 Å². The first-order valence-corrected chi connectivity index (χ1v) is 8.59. The molecule has 0 spiro atoms. The van der Waals surface area contributed by atoms with Crippen molar-refractivity contribution >= 4 is 17.7 Å². The Labute approximate surface area is 142 Å². The van der Waals surface area contributed by atoms with Gasteiger partial charge in [-0.1, -0.05) is 20.3 Å². The van der Waals surface area contributed by atoms with Crippen LogP contribution in [0.25, 0.3) is 0 Å². The second-order valence-corrected chi connectivity index (χ2v) is 5.88. The number of amides is 3. The summed E-state index contributed by atoms with van der Waals surface area (Å²) in [7, 11) is 0. The van der Waals surface area contributed by atoms with Gasteiger partial charge in [-0.3, -0.25) is 19.3 Å². The van der Waals surface area contributed by atoms with Crippen LogP contribution in [-0.4, -0.2) is 48.8 Å². The number of hydrogen-bond acceptors (Lipinski definition) is 4. The molecule has 0 saturated heterocycles. The molecule has 3 amide bonds. The van der Waals surface area contributed by atoms with Crippen LogP contribution in [0.3, 0.4) is 0 Å². The number of imide groups is 1. The van der Waals surface area contributed by atoms with Crippen molar-refractivity contribution in [3.05, 3.63) is 34.9 Å². The minimum Gasteiger partial charge on any atom is -0.351 e. The SMILES string of the molecule is CCCCN1C(=O)c2ccc(C(=O)NCCNCCC)cc2C1=O. The normalized spacial score (nSPS) is 13.3. The molecule has 0 bridgehead atoms. The van der Waals surface area contributed by atoms with Crippen molar-refractivity contribution in [1.82, 2.24) is 15.5 Å². The van der Waals surface area contributed by atoms with E-state index in [9.17, 15) is 14.4 Å². The van der Waals surface area contributed by atoms with E-state index in [4.69, 9.17) is 0 Å². The van der Waals surface area contributed by atoms with Crippen molar-refractivity contribution in [2.45, 2.75) is 33.1 Å². The molecule has 2 rings (SSSR count). The number of hydrogen-bond donors (Lipinski definition) is 2. The van der Waals surface area contributed by atoms with Crippen LogP contribution in [0.4, 0.5) is 0 Å². The van der Waals surface area contributed by atoms with E-state index in [-0.39, 0.29) is 17.7 Å². The average molecular weight is 331 g/mol. The van der Waals surface area contributed by atoms with E-state index < -0.39 is 0 Å². The fraction of sp³-hybridized carbons (Fsp3) is 0.500. The lowest BCUT2D eigenvalue weighted by molar-refractivity contribution is 0.0652. The molecule has 6 heteroatoms. The van der Waals surface area contributed by atoms with E-state index in [1.165, 1.54) is 11.0 Å². The third-order valence-corrected chi connectivity index (χ3v) is 3.98. The van der Waals surface area contributed by atoms with Gasteiger partial charge in [0.25, 0.3) is 17.7 Å². The zero-order chi connectivity index (χ0) is 17.5. The van der Waals surface area contributed by atoms with Crippen LogP contribution in [0.1, 0.15) is 64.2 Å². The summed E-state index contributed by atoms with van der Waals surface area (Å²) in [5.74, 6) is -0.801. The largest absolute Gasteiger partial charge is 0.351 e. The van der Waals surface area contributed by atoms with E-state index in [1.54, 1.807) is 12.1 Å². The number of unbranched alkanes of at least 4 members (excludes halogenated alkanes) is 1. The number of nitrogens with zero attached hydrogens (tertiary/aromatic N) is 1. The van der Waals surface area contributed by atoms with E-state index >= 15 is 0 Å². The van der Waals surface area contributed by atoms with Gasteiger partial charge >= 0.3 is 0 Å². The zero-order valence-corrected chi connectivity index (χ0v) is 14.4. The smallest absolute Gasteiger partial charge is 0.261 e. The molecule has 0 aliphatic carbocycles. The molecule has 1 aromatic rings. The zero-order valence-electron chi connectivity index (χ0n) is 14.4. The lowest BCUT2D eigenvalue weighted by Gasteiger charge is -2.12. The molecular weight excluding hydrogens is 306 g/mol. The molecule has 1 aliphatic heterocycles. The Morgan fingerprint density at radius 1 is 1.00 bits per heavy atom. The van der Waals surface area contributed by atoms with Crippen molar-refractivity contribution in [3.63, 3.8) is 0 Å². The maximum Gasteiger partial charge on any atom is 0.261 e. The maximum atomic E-state index is 12.4. The molecule has 0 fully saturated rings. The summed E-state index contributed by atoms with van der Waals surface area (Å²) in [6.45, 7) is 6.65. The molecule has 0 unspecified atom stereocenters. The summed E-state index contributed by atoms with van der Waals surface area (Å²) >= 11 is 0. The predicted molar refractivity (Wildman–Crippen MR) is 92.2 cm³/mol. The van der Waals surface area contributed by atoms with Crippen LogP contribution < -0.4 is 10.6 Å². The van der Waals surface area contributed by atoms with Gasteiger partial charge in [0.05, 0.1) is 11.1 Å². The number of benzene rings is 1. The standard InChI is InChI=1S/C18H25N3O3/c1-3-5-11-21-17(23)14-7-6-13(12-15(14)18(21)24)16(22)20-10-9-19-8-4-2/h6-7,12,19H,3-5,8-11H2,1-2H3,(H,20,22). The van der Waals surface area contributed by atoms with Gasteiger partial charge in [-0.15, -0.1) is 0 Å². The minimum atomic E-state index is -0.303. The molecule has 0 atom stereocenters. The molecule has 0 radical (unpaired) electrons. The highest BCUT2D eigenvalue weighted by atomic mass is 16.2. The topological polar surface area (TPSA) is 78.5 Å². The number of carbonyl (C=O) groups excluding carboxylic acids is 3. The summed E-state index contributed by atoms with van der Waals surface area (Å²) in [5, 5.41) is 6.01. The quantitative estimate of drug-likeness (QED) is 0.534. The average Bonchev–Trinajstić information content (AvgIpc) is 2.83. The molecule has 1 aliphatic rings. The molecule has 2 N–H and O–H groups in total. The number of nitrogens with one attached hydrogen (secondary N) is 2. The van der Waals surface area contributed by atoms with Gasteiger partial charge in [-0.05, 0) is 37.6 Å². The van der Waals surface area contributed by atoms with E-state index in [0.29, 0.717) is 36.3 Å². The van der Waals surface area contributed by atoms with Crippen LogP contribution in [0.2, 0.25) is 0 Å². The van der Waals surface area contributed by atoms with Gasteiger partial charge in [0.2, 0.25) is 0 Å². The second kappa shape index (κ2) is 8.59. The van der Waals surface area contributed by atoms with Crippen LogP contribution >= 0.6 is 0 Å². The van der Waals surface area contributed by atoms with Gasteiger partial charge in [0, 0.05) is 25.2 Å². The molecule has 1 aromatic carbocycles. The molecule has 24 heavy (non-hydrogen) atoms. The highest BCUT2D eigenvalue weighted by Crippen LogP contribution is 2.24. The molecule has 0 aromatic heterocycles. The van der Waals surface area contributed by atoms with Crippen LogP contribution in [0, 0.1) is 0 Å². The fourth-order valence-corrected chi connectivity index (χ4v) is 2.62. The Bertz CT molecular complexity index is 628. The van der Waals surface area contributed by atoms with E-state index in [1.807, 2.05) is 6.92 Å². The Hall–Kier alpha value is -2.21. The van der Waals surface area contributed by atoms with Crippen molar-refractivity contribution in [1.29, 1.82) is 0 Å². The molecule has 130 valence electrons. The van der Waals surface area contributed by atoms with Gasteiger partial charge in [-0.2, -0.15) is 0 Å². The van der Waals surface area contributed by atoms with Crippen molar-refractivity contribution in [2.24, 2.45) is 0 Å². The monoisotopic (exact) mass is 331 g/mol. The summed E-state index contributed by atoms with van der Waals surface area (Å²) in [6, 6.07) is 4.70. The Balaban J connectivity index is 2.02. The predicted octanol–water partition coefficient (Wildman–Crippen LogP) is 1.81. The molecule has 6 nitrogen and oxygen atoms in total. The highest BCUT2D eigenvalue weighted by molar-refractivity contribution is 6.22. The lowest BCUT2D eigenvalue weighted by atomic mass is 10.1. The first-order valence-electron chi connectivity index (χ1n) is 8.59.